The number of carbonyl (C=O) groups is 3. The molecule has 8 nitrogen and oxygen atoms in total. The lowest BCUT2D eigenvalue weighted by molar-refractivity contribution is -0.140. The van der Waals surface area contributed by atoms with Crippen molar-refractivity contribution in [2.24, 2.45) is 5.92 Å². The molecule has 1 unspecified atom stereocenters. The Morgan fingerprint density at radius 1 is 1.08 bits per heavy atom. The number of aromatic nitrogens is 2. The Balaban J connectivity index is 1.41. The molecule has 1 atom stereocenters. The molecule has 0 bridgehead atoms. The summed E-state index contributed by atoms with van der Waals surface area (Å²) in [5, 5.41) is 11.8. The average Bonchev–Trinajstić information content (AvgIpc) is 3.44. The molecule has 198 valence electrons. The molecule has 1 aliphatic heterocycles. The van der Waals surface area contributed by atoms with E-state index < -0.39 is 11.9 Å². The molecule has 0 aliphatic carbocycles. The van der Waals surface area contributed by atoms with Crippen LogP contribution in [0.1, 0.15) is 24.0 Å². The molecule has 2 aromatic heterocycles. The number of fused-ring (bicyclic) bond motifs is 1. The molecule has 0 saturated heterocycles. The molecule has 0 saturated carbocycles. The number of carbonyl (C=O) groups excluding carboxylic acids is 2. The van der Waals surface area contributed by atoms with E-state index in [-0.39, 0.29) is 18.2 Å². The molecule has 9 heteroatoms. The molecule has 39 heavy (non-hydrogen) atoms. The molecule has 0 spiro atoms. The fourth-order valence-electron chi connectivity index (χ4n) is 4.89. The van der Waals surface area contributed by atoms with Crippen molar-refractivity contribution in [2.45, 2.75) is 25.7 Å². The minimum absolute atomic E-state index is 0.0613. The van der Waals surface area contributed by atoms with Gasteiger partial charge < -0.3 is 5.11 Å². The number of benzene rings is 2. The lowest BCUT2D eigenvalue weighted by Crippen LogP contribution is -2.35. The van der Waals surface area contributed by atoms with Gasteiger partial charge in [-0.2, -0.15) is 0 Å². The Labute approximate surface area is 230 Å². The lowest BCUT2D eigenvalue weighted by Gasteiger charge is -2.25. The van der Waals surface area contributed by atoms with Gasteiger partial charge in [-0.3, -0.25) is 24.2 Å². The predicted molar refractivity (Wildman–Crippen MR) is 152 cm³/mol. The Hall–Kier alpha value is -4.37. The second kappa shape index (κ2) is 11.2. The van der Waals surface area contributed by atoms with Crippen LogP contribution in [-0.4, -0.2) is 47.0 Å². The fourth-order valence-corrected chi connectivity index (χ4v) is 5.68. The molecule has 4 aromatic rings. The number of carboxylic acids is 1. The maximum Gasteiger partial charge on any atom is 0.304 e. The normalized spacial score (nSPS) is 13.6. The van der Waals surface area contributed by atoms with Crippen molar-refractivity contribution in [3.05, 3.63) is 83.4 Å². The van der Waals surface area contributed by atoms with Crippen molar-refractivity contribution in [3.8, 4) is 22.4 Å². The van der Waals surface area contributed by atoms with Crippen molar-refractivity contribution in [1.82, 2.24) is 9.97 Å². The van der Waals surface area contributed by atoms with E-state index in [0.29, 0.717) is 35.9 Å². The van der Waals surface area contributed by atoms with E-state index in [1.165, 1.54) is 16.2 Å². The zero-order chi connectivity index (χ0) is 27.5. The van der Waals surface area contributed by atoms with Gasteiger partial charge >= 0.3 is 5.97 Å². The van der Waals surface area contributed by atoms with Crippen LogP contribution < -0.4 is 9.80 Å². The lowest BCUT2D eigenvalue weighted by atomic mass is 9.95. The summed E-state index contributed by atoms with van der Waals surface area (Å²) in [7, 11) is 3.39. The Bertz CT molecular complexity index is 1530. The molecular weight excluding hydrogens is 512 g/mol. The number of thiazole rings is 1. The number of rotatable bonds is 8. The maximum atomic E-state index is 13.4. The molecule has 1 N–H and O–H groups in total. The van der Waals surface area contributed by atoms with Gasteiger partial charge in [-0.25, -0.2) is 9.97 Å². The van der Waals surface area contributed by atoms with E-state index in [2.05, 4.69) is 11.1 Å². The van der Waals surface area contributed by atoms with Gasteiger partial charge in [-0.05, 0) is 35.6 Å². The van der Waals surface area contributed by atoms with Crippen molar-refractivity contribution in [3.63, 3.8) is 0 Å². The van der Waals surface area contributed by atoms with E-state index in [4.69, 9.17) is 4.98 Å². The number of nitrogens with zero attached hydrogens (tertiary/aromatic N) is 4. The highest BCUT2D eigenvalue weighted by Gasteiger charge is 2.28. The first-order valence-corrected chi connectivity index (χ1v) is 13.5. The molecule has 0 radical (unpaired) electrons. The van der Waals surface area contributed by atoms with E-state index in [1.807, 2.05) is 60.0 Å². The smallest absolute Gasteiger partial charge is 0.304 e. The van der Waals surface area contributed by atoms with Gasteiger partial charge in [0.1, 0.15) is 5.82 Å². The second-order valence-electron chi connectivity index (χ2n) is 9.60. The Kier molecular flexibility index (Phi) is 7.51. The minimum atomic E-state index is -1.01. The van der Waals surface area contributed by atoms with Crippen LogP contribution in [0.2, 0.25) is 0 Å². The molecule has 0 fully saturated rings. The third kappa shape index (κ3) is 5.58. The first-order valence-electron chi connectivity index (χ1n) is 12.7. The van der Waals surface area contributed by atoms with Gasteiger partial charge in [0, 0.05) is 43.2 Å². The third-order valence-electron chi connectivity index (χ3n) is 6.96. The van der Waals surface area contributed by atoms with Crippen molar-refractivity contribution >= 4 is 40.1 Å². The summed E-state index contributed by atoms with van der Waals surface area (Å²) in [4.78, 5) is 49.4. The van der Waals surface area contributed by atoms with Crippen LogP contribution in [0.25, 0.3) is 22.4 Å². The summed E-state index contributed by atoms with van der Waals surface area (Å²) >= 11 is 1.34. The van der Waals surface area contributed by atoms with Gasteiger partial charge in [0.05, 0.1) is 18.0 Å². The van der Waals surface area contributed by atoms with Crippen LogP contribution in [0.3, 0.4) is 0 Å². The summed E-state index contributed by atoms with van der Waals surface area (Å²) in [5.41, 5.74) is 5.42. The molecule has 1 aliphatic rings. The van der Waals surface area contributed by atoms with Crippen LogP contribution in [0.5, 0.6) is 0 Å². The number of aliphatic carboxylic acids is 1. The summed E-state index contributed by atoms with van der Waals surface area (Å²) < 4.78 is 0. The van der Waals surface area contributed by atoms with Crippen molar-refractivity contribution in [2.75, 3.05) is 23.9 Å². The molecule has 2 aromatic carbocycles. The average molecular weight is 541 g/mol. The van der Waals surface area contributed by atoms with Gasteiger partial charge in [-0.15, -0.1) is 11.3 Å². The number of hydrogen-bond donors (Lipinski definition) is 1. The fraction of sp³-hybridized carbons (Fsp3) is 0.233. The number of aryl methyl sites for hydroxylation is 1. The highest BCUT2D eigenvalue weighted by atomic mass is 32.1. The molecule has 5 rings (SSSR count). The number of carboxylic acid groups (broad SMARTS) is 1. The molecular formula is C30H28N4O4S. The number of pyridine rings is 1. The number of amides is 2. The summed E-state index contributed by atoms with van der Waals surface area (Å²) in [6, 6.07) is 19.4. The quantitative estimate of drug-likeness (QED) is 0.334. The first-order chi connectivity index (χ1) is 18.8. The zero-order valence-electron chi connectivity index (χ0n) is 21.7. The Morgan fingerprint density at radius 2 is 1.79 bits per heavy atom. The van der Waals surface area contributed by atoms with E-state index in [0.717, 1.165) is 27.8 Å². The number of anilines is 2. The zero-order valence-corrected chi connectivity index (χ0v) is 22.5. The van der Waals surface area contributed by atoms with E-state index in [1.54, 1.807) is 25.2 Å². The van der Waals surface area contributed by atoms with Crippen LogP contribution >= 0.6 is 11.3 Å². The summed E-state index contributed by atoms with van der Waals surface area (Å²) in [6.45, 7) is 0. The molecule has 2 amide bonds. The van der Waals surface area contributed by atoms with Gasteiger partial charge in [0.25, 0.3) is 0 Å². The SMILES string of the molecule is CN(C(=O)C(CC(=O)O)Cc1ccccc1)c1nc(-c2ccccc2-c2cnc3c(c2)CCC(=O)N3C)cs1. The molecule has 3 heterocycles. The minimum Gasteiger partial charge on any atom is -0.481 e. The monoisotopic (exact) mass is 540 g/mol. The van der Waals surface area contributed by atoms with E-state index >= 15 is 0 Å². The summed E-state index contributed by atoms with van der Waals surface area (Å²) in [5.74, 6) is -1.25. The van der Waals surface area contributed by atoms with Crippen molar-refractivity contribution < 1.29 is 19.5 Å². The van der Waals surface area contributed by atoms with Gasteiger partial charge in [0.15, 0.2) is 5.13 Å². The highest BCUT2D eigenvalue weighted by molar-refractivity contribution is 7.14. The van der Waals surface area contributed by atoms with Crippen molar-refractivity contribution in [1.29, 1.82) is 0 Å². The largest absolute Gasteiger partial charge is 0.481 e. The Morgan fingerprint density at radius 3 is 2.54 bits per heavy atom. The predicted octanol–water partition coefficient (Wildman–Crippen LogP) is 5.08. The van der Waals surface area contributed by atoms with Crippen LogP contribution in [0.4, 0.5) is 10.9 Å². The van der Waals surface area contributed by atoms with Gasteiger partial charge in [0.2, 0.25) is 11.8 Å². The van der Waals surface area contributed by atoms with Crippen LogP contribution in [0.15, 0.2) is 72.2 Å². The van der Waals surface area contributed by atoms with E-state index in [9.17, 15) is 19.5 Å². The topological polar surface area (TPSA) is 104 Å². The van der Waals surface area contributed by atoms with Crippen LogP contribution in [0, 0.1) is 5.92 Å². The van der Waals surface area contributed by atoms with Crippen LogP contribution in [-0.2, 0) is 27.2 Å². The first kappa shape index (κ1) is 26.2. The highest BCUT2D eigenvalue weighted by Crippen LogP contribution is 2.36. The third-order valence-corrected chi connectivity index (χ3v) is 7.88. The summed E-state index contributed by atoms with van der Waals surface area (Å²) in [6.07, 6.45) is 2.96. The van der Waals surface area contributed by atoms with Gasteiger partial charge in [-0.1, -0.05) is 54.6 Å². The standard InChI is InChI=1S/C30H28N4O4S/c1-33-26(35)13-12-20-15-22(17-31-28(20)33)23-10-6-7-11-24(23)25-18-39-30(32-25)34(2)29(38)21(16-27(36)37)14-19-8-4-3-5-9-19/h3-11,15,17-18,21H,12-14,16H2,1-2H3,(H,36,37). The second-order valence-corrected chi connectivity index (χ2v) is 10.4. The maximum absolute atomic E-state index is 13.4. The number of hydrogen-bond acceptors (Lipinski definition) is 6.